The summed E-state index contributed by atoms with van der Waals surface area (Å²) in [5.41, 5.74) is 0. The third kappa shape index (κ3) is 4.83. The van der Waals surface area contributed by atoms with Gasteiger partial charge in [0.2, 0.25) is 21.8 Å². The standard InChI is InChI=1S/C20H28BrN3O4S/c1-15(2)19(25)23-9-5-6-16(14-23)20(26)22-10-12-24(13-11-22)29(27,28)18-8-4-3-7-17(18)21/h3-4,7-8,15-16H,5-6,9-14H2,1-2H3. The summed E-state index contributed by atoms with van der Waals surface area (Å²) in [6.45, 7) is 6.21. The van der Waals surface area contributed by atoms with Crippen molar-refractivity contribution in [3.05, 3.63) is 28.7 Å². The third-order valence-corrected chi connectivity index (χ3v) is 8.49. The molecule has 2 amide bonds. The summed E-state index contributed by atoms with van der Waals surface area (Å²) in [4.78, 5) is 29.1. The van der Waals surface area contributed by atoms with Gasteiger partial charge >= 0.3 is 0 Å². The van der Waals surface area contributed by atoms with Crippen molar-refractivity contribution in [2.45, 2.75) is 31.6 Å². The van der Waals surface area contributed by atoms with Gasteiger partial charge in [0.25, 0.3) is 0 Å². The molecule has 1 atom stereocenters. The van der Waals surface area contributed by atoms with Crippen LogP contribution in [0.5, 0.6) is 0 Å². The van der Waals surface area contributed by atoms with Crippen LogP contribution in [-0.2, 0) is 19.6 Å². The summed E-state index contributed by atoms with van der Waals surface area (Å²) in [6.07, 6.45) is 1.60. The third-order valence-electron chi connectivity index (χ3n) is 5.58. The molecule has 7 nitrogen and oxygen atoms in total. The van der Waals surface area contributed by atoms with Crippen molar-refractivity contribution in [1.82, 2.24) is 14.1 Å². The van der Waals surface area contributed by atoms with Crippen molar-refractivity contribution in [2.24, 2.45) is 11.8 Å². The molecule has 2 aliphatic heterocycles. The highest BCUT2D eigenvalue weighted by molar-refractivity contribution is 9.10. The summed E-state index contributed by atoms with van der Waals surface area (Å²) < 4.78 is 27.8. The molecule has 2 fully saturated rings. The van der Waals surface area contributed by atoms with E-state index in [2.05, 4.69) is 15.9 Å². The number of nitrogens with zero attached hydrogens (tertiary/aromatic N) is 3. The van der Waals surface area contributed by atoms with E-state index in [0.29, 0.717) is 30.7 Å². The van der Waals surface area contributed by atoms with Gasteiger partial charge in [-0.3, -0.25) is 9.59 Å². The Morgan fingerprint density at radius 2 is 1.69 bits per heavy atom. The largest absolute Gasteiger partial charge is 0.342 e. The fraction of sp³-hybridized carbons (Fsp3) is 0.600. The van der Waals surface area contributed by atoms with E-state index in [-0.39, 0.29) is 41.6 Å². The van der Waals surface area contributed by atoms with Gasteiger partial charge in [0, 0.05) is 49.7 Å². The average Bonchev–Trinajstić information content (AvgIpc) is 2.73. The maximum Gasteiger partial charge on any atom is 0.244 e. The van der Waals surface area contributed by atoms with Gasteiger partial charge in [0.15, 0.2) is 0 Å². The topological polar surface area (TPSA) is 78.0 Å². The molecule has 0 radical (unpaired) electrons. The molecular weight excluding hydrogens is 458 g/mol. The lowest BCUT2D eigenvalue weighted by atomic mass is 9.95. The predicted molar refractivity (Wildman–Crippen MR) is 114 cm³/mol. The summed E-state index contributed by atoms with van der Waals surface area (Å²) in [7, 11) is -3.60. The molecule has 1 aromatic carbocycles. The van der Waals surface area contributed by atoms with E-state index in [1.807, 2.05) is 13.8 Å². The highest BCUT2D eigenvalue weighted by Gasteiger charge is 2.35. The number of benzene rings is 1. The van der Waals surface area contributed by atoms with Crippen LogP contribution >= 0.6 is 15.9 Å². The number of carbonyl (C=O) groups is 2. The summed E-state index contributed by atoms with van der Waals surface area (Å²) in [6, 6.07) is 6.77. The molecule has 1 unspecified atom stereocenters. The number of likely N-dealkylation sites (tertiary alicyclic amines) is 1. The molecular formula is C20H28BrN3O4S. The SMILES string of the molecule is CC(C)C(=O)N1CCCC(C(=O)N2CCN(S(=O)(=O)c3ccccc3Br)CC2)C1. The molecule has 2 aliphatic rings. The number of amides is 2. The van der Waals surface area contributed by atoms with Gasteiger partial charge < -0.3 is 9.80 Å². The lowest BCUT2D eigenvalue weighted by molar-refractivity contribution is -0.143. The number of hydrogen-bond donors (Lipinski definition) is 0. The smallest absolute Gasteiger partial charge is 0.244 e. The minimum absolute atomic E-state index is 0.0317. The predicted octanol–water partition coefficient (Wildman–Crippen LogP) is 2.18. The van der Waals surface area contributed by atoms with Crippen LogP contribution in [0.4, 0.5) is 0 Å². The van der Waals surface area contributed by atoms with Crippen molar-refractivity contribution >= 4 is 37.8 Å². The number of piperazine rings is 1. The molecule has 9 heteroatoms. The Morgan fingerprint density at radius 3 is 2.31 bits per heavy atom. The molecule has 2 heterocycles. The maximum absolute atomic E-state index is 13.0. The van der Waals surface area contributed by atoms with Crippen LogP contribution in [0.15, 0.2) is 33.6 Å². The maximum atomic E-state index is 13.0. The van der Waals surface area contributed by atoms with E-state index < -0.39 is 10.0 Å². The Balaban J connectivity index is 1.61. The van der Waals surface area contributed by atoms with E-state index in [1.165, 1.54) is 4.31 Å². The van der Waals surface area contributed by atoms with Gasteiger partial charge in [-0.25, -0.2) is 8.42 Å². The number of sulfonamides is 1. The molecule has 2 saturated heterocycles. The van der Waals surface area contributed by atoms with Crippen LogP contribution in [0, 0.1) is 11.8 Å². The molecule has 0 N–H and O–H groups in total. The van der Waals surface area contributed by atoms with Gasteiger partial charge in [-0.2, -0.15) is 4.31 Å². The van der Waals surface area contributed by atoms with Crippen LogP contribution in [0.3, 0.4) is 0 Å². The lowest BCUT2D eigenvalue weighted by Gasteiger charge is -2.39. The quantitative estimate of drug-likeness (QED) is 0.654. The Bertz CT molecular complexity index is 866. The second-order valence-electron chi connectivity index (χ2n) is 7.94. The zero-order valence-electron chi connectivity index (χ0n) is 16.9. The number of halogens is 1. The van der Waals surface area contributed by atoms with Gasteiger partial charge in [-0.05, 0) is 40.9 Å². The Kier molecular flexibility index (Phi) is 7.01. The van der Waals surface area contributed by atoms with Crippen LogP contribution in [0.1, 0.15) is 26.7 Å². The first-order valence-electron chi connectivity index (χ1n) is 10.0. The fourth-order valence-electron chi connectivity index (χ4n) is 3.94. The Morgan fingerprint density at radius 1 is 1.03 bits per heavy atom. The van der Waals surface area contributed by atoms with Crippen molar-refractivity contribution in [3.63, 3.8) is 0 Å². The lowest BCUT2D eigenvalue weighted by Crippen LogP contribution is -2.54. The number of carbonyl (C=O) groups excluding carboxylic acids is 2. The van der Waals surface area contributed by atoms with Gasteiger partial charge in [0.05, 0.1) is 10.8 Å². The second kappa shape index (κ2) is 9.14. The van der Waals surface area contributed by atoms with Gasteiger partial charge in [-0.1, -0.05) is 26.0 Å². The van der Waals surface area contributed by atoms with Crippen molar-refractivity contribution in [3.8, 4) is 0 Å². The normalized spacial score (nSPS) is 21.4. The zero-order chi connectivity index (χ0) is 21.2. The van der Waals surface area contributed by atoms with Crippen LogP contribution in [-0.4, -0.2) is 73.6 Å². The highest BCUT2D eigenvalue weighted by atomic mass is 79.9. The minimum atomic E-state index is -3.60. The Hall–Kier alpha value is -1.45. The summed E-state index contributed by atoms with van der Waals surface area (Å²) >= 11 is 3.31. The van der Waals surface area contributed by atoms with E-state index >= 15 is 0 Å². The van der Waals surface area contributed by atoms with E-state index in [4.69, 9.17) is 0 Å². The molecule has 0 spiro atoms. The van der Waals surface area contributed by atoms with Crippen LogP contribution in [0.25, 0.3) is 0 Å². The summed E-state index contributed by atoms with van der Waals surface area (Å²) in [5.74, 6) is -0.149. The van der Waals surface area contributed by atoms with E-state index in [1.54, 1.807) is 34.1 Å². The molecule has 0 aliphatic carbocycles. The molecule has 0 aromatic heterocycles. The van der Waals surface area contributed by atoms with Crippen molar-refractivity contribution in [2.75, 3.05) is 39.3 Å². The van der Waals surface area contributed by atoms with Gasteiger partial charge in [0.1, 0.15) is 0 Å². The second-order valence-corrected chi connectivity index (χ2v) is 10.7. The summed E-state index contributed by atoms with van der Waals surface area (Å²) in [5, 5.41) is 0. The van der Waals surface area contributed by atoms with E-state index in [0.717, 1.165) is 12.8 Å². The van der Waals surface area contributed by atoms with Crippen LogP contribution in [0.2, 0.25) is 0 Å². The fourth-order valence-corrected chi connectivity index (χ4v) is 6.33. The van der Waals surface area contributed by atoms with Gasteiger partial charge in [-0.15, -0.1) is 0 Å². The zero-order valence-corrected chi connectivity index (χ0v) is 19.3. The number of rotatable bonds is 4. The highest BCUT2D eigenvalue weighted by Crippen LogP contribution is 2.26. The monoisotopic (exact) mass is 485 g/mol. The molecule has 29 heavy (non-hydrogen) atoms. The first kappa shape index (κ1) is 22.2. The molecule has 0 saturated carbocycles. The molecule has 1 aromatic rings. The number of piperidine rings is 1. The molecule has 3 rings (SSSR count). The first-order chi connectivity index (χ1) is 13.7. The van der Waals surface area contributed by atoms with Crippen molar-refractivity contribution in [1.29, 1.82) is 0 Å². The average molecular weight is 486 g/mol. The number of hydrogen-bond acceptors (Lipinski definition) is 4. The minimum Gasteiger partial charge on any atom is -0.342 e. The molecule has 0 bridgehead atoms. The Labute approximate surface area is 181 Å². The van der Waals surface area contributed by atoms with E-state index in [9.17, 15) is 18.0 Å². The molecule has 160 valence electrons. The van der Waals surface area contributed by atoms with Crippen LogP contribution < -0.4 is 0 Å². The first-order valence-corrected chi connectivity index (χ1v) is 12.3. The van der Waals surface area contributed by atoms with Crippen molar-refractivity contribution < 1.29 is 18.0 Å².